The number of aromatic nitrogens is 1. The van der Waals surface area contributed by atoms with E-state index in [-0.39, 0.29) is 0 Å². The number of hydrogen-bond donors (Lipinski definition) is 1. The summed E-state index contributed by atoms with van der Waals surface area (Å²) in [5.74, 6) is 5.74. The van der Waals surface area contributed by atoms with Gasteiger partial charge in [-0.25, -0.2) is 15.6 Å². The standard InChI is InChI=1S/C13H16N3O2.HI.Os/c1-13(2,3)18-12(17)16(14)10-5-4-9-6-7-15-11(9)8-10;;/h4-8H,14H2,1-3H3;1H;/q-1;;+1/p-1. The molecule has 1 amide bonds. The SMILES string of the molecule is CC(C)(C)OC(=O)N(N)c1ccc2cc[n-]c2c1.[I][Os]. The van der Waals surface area contributed by atoms with Gasteiger partial charge in [-0.05, 0) is 32.2 Å². The molecule has 0 saturated carbocycles. The Morgan fingerprint density at radius 1 is 1.35 bits per heavy atom. The van der Waals surface area contributed by atoms with E-state index in [1.54, 1.807) is 39.1 Å². The van der Waals surface area contributed by atoms with Gasteiger partial charge in [-0.2, -0.15) is 6.20 Å². The average molecular weight is 563 g/mol. The number of nitrogens with zero attached hydrogens (tertiary/aromatic N) is 2. The van der Waals surface area contributed by atoms with Crippen LogP contribution in [-0.2, 0) is 19.8 Å². The first kappa shape index (κ1) is 17.4. The molecule has 111 valence electrons. The Morgan fingerprint density at radius 2 is 2.00 bits per heavy atom. The molecular formula is C13H16IN3O2Os-. The molecule has 5 nitrogen and oxygen atoms in total. The van der Waals surface area contributed by atoms with Crippen LogP contribution in [0.25, 0.3) is 10.9 Å². The minimum absolute atomic E-state index is 0.551. The van der Waals surface area contributed by atoms with Crippen molar-refractivity contribution in [2.75, 3.05) is 5.01 Å². The number of fused-ring (bicyclic) bond motifs is 1. The zero-order valence-electron chi connectivity index (χ0n) is 11.4. The number of carbonyl (C=O) groups is 1. The van der Waals surface area contributed by atoms with Crippen molar-refractivity contribution in [2.24, 2.45) is 5.84 Å². The fourth-order valence-electron chi connectivity index (χ4n) is 1.55. The van der Waals surface area contributed by atoms with Gasteiger partial charge in [0.2, 0.25) is 0 Å². The number of nitrogens with two attached hydrogens (primary N) is 1. The van der Waals surface area contributed by atoms with E-state index < -0.39 is 11.7 Å². The third-order valence-electron chi connectivity index (χ3n) is 2.35. The second-order valence-corrected chi connectivity index (χ2v) is 5.04. The average Bonchev–Trinajstić information content (AvgIpc) is 2.85. The third-order valence-corrected chi connectivity index (χ3v) is 2.35. The van der Waals surface area contributed by atoms with Crippen molar-refractivity contribution in [1.82, 2.24) is 4.98 Å². The Bertz CT molecular complexity index is 580. The van der Waals surface area contributed by atoms with Gasteiger partial charge in [0.05, 0.1) is 5.69 Å². The molecule has 1 aromatic carbocycles. The van der Waals surface area contributed by atoms with Crippen molar-refractivity contribution in [3.63, 3.8) is 0 Å². The van der Waals surface area contributed by atoms with Gasteiger partial charge in [0.1, 0.15) is 5.60 Å². The number of anilines is 1. The Labute approximate surface area is 139 Å². The summed E-state index contributed by atoms with van der Waals surface area (Å²) < 4.78 is 5.19. The quantitative estimate of drug-likeness (QED) is 0.250. The first-order valence-corrected chi connectivity index (χ1v) is 13.0. The molecule has 0 fully saturated rings. The van der Waals surface area contributed by atoms with Crippen LogP contribution in [0.1, 0.15) is 20.8 Å². The minimum atomic E-state index is -0.589. The van der Waals surface area contributed by atoms with E-state index in [1.165, 1.54) is 0 Å². The topological polar surface area (TPSA) is 69.7 Å². The normalized spacial score (nSPS) is 10.7. The number of halogens is 1. The van der Waals surface area contributed by atoms with E-state index in [4.69, 9.17) is 10.6 Å². The van der Waals surface area contributed by atoms with Crippen molar-refractivity contribution in [3.8, 4) is 0 Å². The molecule has 0 saturated heterocycles. The summed E-state index contributed by atoms with van der Waals surface area (Å²) in [5, 5.41) is 2.00. The molecule has 2 rings (SSSR count). The second-order valence-electron chi connectivity index (χ2n) is 5.04. The molecule has 0 unspecified atom stereocenters. The summed E-state index contributed by atoms with van der Waals surface area (Å²) in [4.78, 5) is 16.0. The van der Waals surface area contributed by atoms with Gasteiger partial charge in [-0.15, -0.1) is 5.52 Å². The Balaban J connectivity index is 0.000000956. The van der Waals surface area contributed by atoms with Crippen molar-refractivity contribution in [1.29, 1.82) is 0 Å². The molecule has 0 aliphatic carbocycles. The first-order chi connectivity index (χ1) is 9.37. The van der Waals surface area contributed by atoms with E-state index >= 15 is 0 Å². The van der Waals surface area contributed by atoms with Crippen molar-refractivity contribution >= 4 is 42.4 Å². The van der Waals surface area contributed by atoms with Crippen molar-refractivity contribution in [3.05, 3.63) is 30.5 Å². The van der Waals surface area contributed by atoms with Gasteiger partial charge in [0, 0.05) is 0 Å². The van der Waals surface area contributed by atoms with E-state index in [0.29, 0.717) is 5.69 Å². The number of rotatable bonds is 1. The van der Waals surface area contributed by atoms with Crippen LogP contribution in [0.4, 0.5) is 10.5 Å². The van der Waals surface area contributed by atoms with Crippen LogP contribution in [0.5, 0.6) is 0 Å². The summed E-state index contributed by atoms with van der Waals surface area (Å²) in [6.07, 6.45) is 1.12. The van der Waals surface area contributed by atoms with E-state index in [2.05, 4.69) is 24.7 Å². The summed E-state index contributed by atoms with van der Waals surface area (Å²) in [7, 11) is 0. The maximum absolute atomic E-state index is 11.8. The maximum atomic E-state index is 11.8. The van der Waals surface area contributed by atoms with Gasteiger partial charge >= 0.3 is 40.8 Å². The fourth-order valence-corrected chi connectivity index (χ4v) is 1.55. The first-order valence-electron chi connectivity index (χ1n) is 5.79. The number of amides is 1. The Kier molecular flexibility index (Phi) is 6.43. The van der Waals surface area contributed by atoms with Crippen LogP contribution in [-0.4, -0.2) is 11.7 Å². The Hall–Kier alpha value is -0.644. The zero-order valence-corrected chi connectivity index (χ0v) is 16.1. The summed E-state index contributed by atoms with van der Waals surface area (Å²) in [5.41, 5.74) is 0.777. The molecule has 0 radical (unpaired) electrons. The third kappa shape index (κ3) is 4.72. The summed E-state index contributed by atoms with van der Waals surface area (Å²) >= 11 is 4.01. The van der Waals surface area contributed by atoms with Crippen molar-refractivity contribution in [2.45, 2.75) is 26.4 Å². The van der Waals surface area contributed by atoms with Gasteiger partial charge in [0.15, 0.2) is 0 Å². The molecule has 0 spiro atoms. The van der Waals surface area contributed by atoms with Crippen LogP contribution in [0.2, 0.25) is 0 Å². The molecular weight excluding hydrogens is 547 g/mol. The number of hydrazine groups is 1. The molecule has 2 aromatic rings. The van der Waals surface area contributed by atoms with Gasteiger partial charge in [-0.1, -0.05) is 18.2 Å². The Morgan fingerprint density at radius 3 is 2.60 bits per heavy atom. The molecule has 20 heavy (non-hydrogen) atoms. The van der Waals surface area contributed by atoms with E-state index in [0.717, 1.165) is 15.9 Å². The molecule has 1 aromatic heterocycles. The molecule has 0 atom stereocenters. The van der Waals surface area contributed by atoms with Crippen LogP contribution in [0, 0.1) is 0 Å². The van der Waals surface area contributed by atoms with Crippen LogP contribution in [0.3, 0.4) is 0 Å². The number of ether oxygens (including phenoxy) is 1. The van der Waals surface area contributed by atoms with Gasteiger partial charge in [0.25, 0.3) is 0 Å². The number of carbonyl (C=O) groups excluding carboxylic acids is 1. The molecule has 0 aliphatic rings. The summed E-state index contributed by atoms with van der Waals surface area (Å²) in [6.45, 7) is 5.38. The predicted molar refractivity (Wildman–Crippen MR) is 84.2 cm³/mol. The van der Waals surface area contributed by atoms with E-state index in [1.807, 2.05) is 27.2 Å². The van der Waals surface area contributed by atoms with Gasteiger partial charge < -0.3 is 9.72 Å². The number of hydrogen-bond acceptors (Lipinski definition) is 3. The zero-order chi connectivity index (χ0) is 15.3. The van der Waals surface area contributed by atoms with Crippen LogP contribution >= 0.6 is 19.7 Å². The monoisotopic (exact) mass is 565 g/mol. The molecule has 0 aliphatic heterocycles. The van der Waals surface area contributed by atoms with Crippen LogP contribution in [0.15, 0.2) is 30.5 Å². The van der Waals surface area contributed by atoms with Crippen molar-refractivity contribution < 1.29 is 24.6 Å². The number of benzene rings is 1. The molecule has 1 heterocycles. The molecule has 2 N–H and O–H groups in total. The van der Waals surface area contributed by atoms with Gasteiger partial charge in [-0.3, -0.25) is 0 Å². The molecule has 7 heteroatoms. The second kappa shape index (κ2) is 7.39. The fraction of sp³-hybridized carbons (Fsp3) is 0.308. The summed E-state index contributed by atoms with van der Waals surface area (Å²) in [6, 6.07) is 7.27. The van der Waals surface area contributed by atoms with Crippen LogP contribution < -0.4 is 15.8 Å². The molecule has 0 bridgehead atoms. The van der Waals surface area contributed by atoms with E-state index in [9.17, 15) is 4.79 Å². The predicted octanol–water partition coefficient (Wildman–Crippen LogP) is 3.30.